The van der Waals surface area contributed by atoms with Gasteiger partial charge in [-0.2, -0.15) is 0 Å². The highest BCUT2D eigenvalue weighted by Crippen LogP contribution is 2.22. The van der Waals surface area contributed by atoms with Crippen LogP contribution in [0.3, 0.4) is 0 Å². The number of nitrogens with zero attached hydrogens (tertiary/aromatic N) is 1. The Morgan fingerprint density at radius 3 is 2.84 bits per heavy atom. The van der Waals surface area contributed by atoms with E-state index in [1.54, 1.807) is 7.11 Å². The summed E-state index contributed by atoms with van der Waals surface area (Å²) in [6, 6.07) is 6.43. The molecule has 0 spiro atoms. The summed E-state index contributed by atoms with van der Waals surface area (Å²) in [5.74, 6) is 1.01. The predicted octanol–water partition coefficient (Wildman–Crippen LogP) is 2.23. The lowest BCUT2D eigenvalue weighted by atomic mass is 9.98. The van der Waals surface area contributed by atoms with Gasteiger partial charge in [-0.25, -0.2) is 0 Å². The summed E-state index contributed by atoms with van der Waals surface area (Å²) in [5, 5.41) is 3.47. The van der Waals surface area contributed by atoms with Crippen LogP contribution in [0.2, 0.25) is 0 Å². The number of hydrogen-bond donors (Lipinski definition) is 1. The average Bonchev–Trinajstić information content (AvgIpc) is 2.37. The molecule has 0 amide bonds. The third-order valence-electron chi connectivity index (χ3n) is 4.06. The van der Waals surface area contributed by atoms with Gasteiger partial charge in [0.05, 0.1) is 7.11 Å². The van der Waals surface area contributed by atoms with E-state index in [4.69, 9.17) is 4.74 Å². The van der Waals surface area contributed by atoms with E-state index >= 15 is 0 Å². The number of nitrogens with one attached hydrogen (secondary N) is 1. The molecule has 1 aliphatic heterocycles. The third kappa shape index (κ3) is 3.48. The highest BCUT2D eigenvalue weighted by Gasteiger charge is 2.28. The molecule has 0 bridgehead atoms. The molecular weight excluding hydrogens is 236 g/mol. The van der Waals surface area contributed by atoms with Crippen LogP contribution in [0, 0.1) is 6.92 Å². The van der Waals surface area contributed by atoms with Crippen molar-refractivity contribution in [1.29, 1.82) is 0 Å². The molecule has 1 heterocycles. The number of rotatable bonds is 4. The number of benzene rings is 1. The number of methoxy groups -OCH3 is 1. The molecule has 1 N–H and O–H groups in total. The van der Waals surface area contributed by atoms with Gasteiger partial charge >= 0.3 is 0 Å². The third-order valence-corrected chi connectivity index (χ3v) is 4.06. The normalized spacial score (nSPS) is 19.4. The molecule has 0 aromatic heterocycles. The monoisotopic (exact) mass is 262 g/mol. The first kappa shape index (κ1) is 14.4. The summed E-state index contributed by atoms with van der Waals surface area (Å²) in [6.07, 6.45) is 1.05. The highest BCUT2D eigenvalue weighted by atomic mass is 16.5. The number of hydrogen-bond acceptors (Lipinski definition) is 3. The summed E-state index contributed by atoms with van der Waals surface area (Å²) in [7, 11) is 1.75. The van der Waals surface area contributed by atoms with Crippen LogP contribution in [0.25, 0.3) is 0 Å². The van der Waals surface area contributed by atoms with Crippen molar-refractivity contribution in [3.05, 3.63) is 29.3 Å². The van der Waals surface area contributed by atoms with E-state index in [0.29, 0.717) is 0 Å². The Bertz CT molecular complexity index is 429. The van der Waals surface area contributed by atoms with Gasteiger partial charge in [0.15, 0.2) is 0 Å². The van der Waals surface area contributed by atoms with Crippen molar-refractivity contribution >= 4 is 0 Å². The number of ether oxygens (including phenoxy) is 1. The molecule has 0 atom stereocenters. The molecule has 0 aliphatic carbocycles. The van der Waals surface area contributed by atoms with Crippen LogP contribution in [-0.4, -0.2) is 43.7 Å². The fourth-order valence-corrected chi connectivity index (χ4v) is 2.80. The van der Waals surface area contributed by atoms with Gasteiger partial charge in [-0.1, -0.05) is 17.7 Å². The average molecular weight is 262 g/mol. The topological polar surface area (TPSA) is 24.5 Å². The van der Waals surface area contributed by atoms with E-state index in [1.807, 2.05) is 0 Å². The molecule has 0 unspecified atom stereocenters. The summed E-state index contributed by atoms with van der Waals surface area (Å²) < 4.78 is 5.46. The van der Waals surface area contributed by atoms with E-state index < -0.39 is 0 Å². The second-order valence-electron chi connectivity index (χ2n) is 6.04. The van der Waals surface area contributed by atoms with E-state index in [2.05, 4.69) is 49.2 Å². The second-order valence-corrected chi connectivity index (χ2v) is 6.04. The first-order chi connectivity index (χ1) is 9.03. The van der Waals surface area contributed by atoms with Crippen LogP contribution in [0.5, 0.6) is 5.75 Å². The van der Waals surface area contributed by atoms with Gasteiger partial charge in [-0.3, -0.25) is 4.90 Å². The van der Waals surface area contributed by atoms with E-state index in [9.17, 15) is 0 Å². The van der Waals surface area contributed by atoms with Crippen LogP contribution >= 0.6 is 0 Å². The van der Waals surface area contributed by atoms with Crippen LogP contribution in [0.1, 0.15) is 25.0 Å². The van der Waals surface area contributed by atoms with Gasteiger partial charge in [0.1, 0.15) is 5.75 Å². The van der Waals surface area contributed by atoms with Crippen molar-refractivity contribution in [2.45, 2.75) is 32.7 Å². The van der Waals surface area contributed by atoms with Gasteiger partial charge in [-0.15, -0.1) is 0 Å². The van der Waals surface area contributed by atoms with Crippen molar-refractivity contribution in [1.82, 2.24) is 10.2 Å². The van der Waals surface area contributed by atoms with Crippen LogP contribution in [0.15, 0.2) is 18.2 Å². The van der Waals surface area contributed by atoms with Crippen molar-refractivity contribution in [2.24, 2.45) is 0 Å². The molecule has 1 aromatic rings. The lowest BCUT2D eigenvalue weighted by Crippen LogP contribution is -2.58. The predicted molar refractivity (Wildman–Crippen MR) is 80.0 cm³/mol. The molecule has 1 fully saturated rings. The summed E-state index contributed by atoms with van der Waals surface area (Å²) in [5.41, 5.74) is 2.86. The minimum Gasteiger partial charge on any atom is -0.496 e. The molecule has 0 saturated carbocycles. The van der Waals surface area contributed by atoms with Crippen molar-refractivity contribution in [3.63, 3.8) is 0 Å². The molecule has 19 heavy (non-hydrogen) atoms. The summed E-state index contributed by atoms with van der Waals surface area (Å²) >= 11 is 0. The standard InChI is InChI=1S/C16H26N2O/c1-13-5-6-15(19-4)14(11-13)7-9-18-10-8-17-12-16(18,2)3/h5-6,11,17H,7-10,12H2,1-4H3. The fraction of sp³-hybridized carbons (Fsp3) is 0.625. The van der Waals surface area contributed by atoms with Crippen LogP contribution in [-0.2, 0) is 6.42 Å². The molecule has 0 radical (unpaired) electrons. The van der Waals surface area contributed by atoms with Crippen LogP contribution in [0.4, 0.5) is 0 Å². The Kier molecular flexibility index (Phi) is 4.48. The van der Waals surface area contributed by atoms with Gasteiger partial charge in [0.25, 0.3) is 0 Å². The summed E-state index contributed by atoms with van der Waals surface area (Å²) in [4.78, 5) is 2.57. The fourth-order valence-electron chi connectivity index (χ4n) is 2.80. The molecule has 2 rings (SSSR count). The van der Waals surface area contributed by atoms with E-state index in [0.717, 1.165) is 38.3 Å². The van der Waals surface area contributed by atoms with E-state index in [1.165, 1.54) is 11.1 Å². The molecule has 3 nitrogen and oxygen atoms in total. The minimum atomic E-state index is 0.245. The molecular formula is C16H26N2O. The zero-order chi connectivity index (χ0) is 13.9. The Morgan fingerprint density at radius 1 is 1.37 bits per heavy atom. The quantitative estimate of drug-likeness (QED) is 0.900. The SMILES string of the molecule is COc1ccc(C)cc1CCN1CCNCC1(C)C. The number of piperazine rings is 1. The Morgan fingerprint density at radius 2 is 2.16 bits per heavy atom. The maximum Gasteiger partial charge on any atom is 0.122 e. The zero-order valence-corrected chi connectivity index (χ0v) is 12.6. The first-order valence-corrected chi connectivity index (χ1v) is 7.12. The lowest BCUT2D eigenvalue weighted by molar-refractivity contribution is 0.0919. The second kappa shape index (κ2) is 5.93. The maximum absolute atomic E-state index is 5.46. The Hall–Kier alpha value is -1.06. The van der Waals surface area contributed by atoms with Crippen molar-refractivity contribution in [2.75, 3.05) is 33.3 Å². The molecule has 1 aliphatic rings. The minimum absolute atomic E-state index is 0.245. The maximum atomic E-state index is 5.46. The zero-order valence-electron chi connectivity index (χ0n) is 12.6. The van der Waals surface area contributed by atoms with Gasteiger partial charge in [0, 0.05) is 31.7 Å². The first-order valence-electron chi connectivity index (χ1n) is 7.12. The van der Waals surface area contributed by atoms with Crippen LogP contribution < -0.4 is 10.1 Å². The molecule has 1 aromatic carbocycles. The Labute approximate surface area is 116 Å². The number of aryl methyl sites for hydroxylation is 1. The van der Waals surface area contributed by atoms with Gasteiger partial charge in [-0.05, 0) is 38.8 Å². The largest absolute Gasteiger partial charge is 0.496 e. The lowest BCUT2D eigenvalue weighted by Gasteiger charge is -2.43. The molecule has 3 heteroatoms. The van der Waals surface area contributed by atoms with E-state index in [-0.39, 0.29) is 5.54 Å². The molecule has 1 saturated heterocycles. The van der Waals surface area contributed by atoms with Gasteiger partial charge in [0.2, 0.25) is 0 Å². The van der Waals surface area contributed by atoms with Gasteiger partial charge < -0.3 is 10.1 Å². The van der Waals surface area contributed by atoms with Crippen molar-refractivity contribution < 1.29 is 4.74 Å². The van der Waals surface area contributed by atoms with Crippen molar-refractivity contribution in [3.8, 4) is 5.75 Å². The highest BCUT2D eigenvalue weighted by molar-refractivity contribution is 5.37. The smallest absolute Gasteiger partial charge is 0.122 e. The summed E-state index contributed by atoms with van der Waals surface area (Å²) in [6.45, 7) is 11.1. The Balaban J connectivity index is 2.03. The molecule has 106 valence electrons.